The number of fused-ring (bicyclic) bond motifs is 1. The molecule has 1 aromatic heterocycles. The predicted octanol–water partition coefficient (Wildman–Crippen LogP) is 4.44. The number of anilines is 2. The Labute approximate surface area is 191 Å². The number of hydrogen-bond donors (Lipinski definition) is 2. The summed E-state index contributed by atoms with van der Waals surface area (Å²) in [4.78, 5) is 29.3. The van der Waals surface area contributed by atoms with Crippen molar-refractivity contribution in [1.29, 1.82) is 0 Å². The Bertz CT molecular complexity index is 1280. The van der Waals surface area contributed by atoms with Crippen molar-refractivity contribution in [2.24, 2.45) is 0 Å². The molecule has 0 fully saturated rings. The maximum absolute atomic E-state index is 12.6. The minimum Gasteiger partial charge on any atom is -0.493 e. The average Bonchev–Trinajstić information content (AvgIpc) is 2.83. The molecule has 0 bridgehead atoms. The maximum Gasteiger partial charge on any atom is 0.262 e. The molecule has 3 aromatic carbocycles. The summed E-state index contributed by atoms with van der Waals surface area (Å²) < 4.78 is 10.8. The van der Waals surface area contributed by atoms with Gasteiger partial charge in [-0.05, 0) is 42.0 Å². The molecule has 0 saturated heterocycles. The number of para-hydroxylation sites is 3. The fourth-order valence-electron chi connectivity index (χ4n) is 3.44. The van der Waals surface area contributed by atoms with Crippen LogP contribution in [0, 0.1) is 0 Å². The quantitative estimate of drug-likeness (QED) is 0.422. The molecular weight excluding hydrogens is 418 g/mol. The molecule has 0 aliphatic rings. The second-order valence-corrected chi connectivity index (χ2v) is 7.29. The number of nitrogens with zero attached hydrogens (tertiary/aromatic N) is 1. The molecule has 4 aromatic rings. The van der Waals surface area contributed by atoms with Crippen LogP contribution in [0.3, 0.4) is 0 Å². The maximum atomic E-state index is 12.6. The highest BCUT2D eigenvalue weighted by atomic mass is 16.5. The molecule has 0 spiro atoms. The summed E-state index contributed by atoms with van der Waals surface area (Å²) in [6, 6.07) is 23.7. The number of carbonyl (C=O) groups excluding carboxylic acids is 2. The van der Waals surface area contributed by atoms with Gasteiger partial charge in [0.25, 0.3) is 5.91 Å². The smallest absolute Gasteiger partial charge is 0.262 e. The second kappa shape index (κ2) is 10.3. The summed E-state index contributed by atoms with van der Waals surface area (Å²) >= 11 is 0. The highest BCUT2D eigenvalue weighted by Crippen LogP contribution is 2.25. The molecule has 33 heavy (non-hydrogen) atoms. The van der Waals surface area contributed by atoms with Crippen molar-refractivity contribution in [1.82, 2.24) is 4.98 Å². The third-order valence-electron chi connectivity index (χ3n) is 4.93. The number of hydrogen-bond acceptors (Lipinski definition) is 5. The Morgan fingerprint density at radius 2 is 1.52 bits per heavy atom. The van der Waals surface area contributed by atoms with Crippen molar-refractivity contribution >= 4 is 34.1 Å². The Morgan fingerprint density at radius 1 is 0.818 bits per heavy atom. The highest BCUT2D eigenvalue weighted by molar-refractivity contribution is 5.97. The zero-order chi connectivity index (χ0) is 23.0. The fraction of sp³-hybridized carbons (Fsp3) is 0.115. The van der Waals surface area contributed by atoms with Crippen molar-refractivity contribution in [3.63, 3.8) is 0 Å². The van der Waals surface area contributed by atoms with E-state index >= 15 is 0 Å². The molecule has 7 heteroatoms. The molecule has 2 N–H and O–H groups in total. The predicted molar refractivity (Wildman–Crippen MR) is 128 cm³/mol. The van der Waals surface area contributed by atoms with Crippen molar-refractivity contribution in [3.05, 3.63) is 90.6 Å². The first-order valence-corrected chi connectivity index (χ1v) is 10.4. The van der Waals surface area contributed by atoms with Crippen LogP contribution in [-0.2, 0) is 16.0 Å². The molecule has 0 aliphatic heterocycles. The van der Waals surface area contributed by atoms with Gasteiger partial charge in [0.1, 0.15) is 0 Å². The standard InChI is InChI=1S/C26H23N3O4/c1-32-22-12-2-3-13-23(22)33-17-25(31)29-21-11-5-10-20(16-21)28-24(30)15-19-8-4-7-18-9-6-14-27-26(18)19/h2-14,16H,15,17H2,1H3,(H,28,30)(H,29,31). The van der Waals surface area contributed by atoms with Gasteiger partial charge < -0.3 is 20.1 Å². The number of benzene rings is 3. The topological polar surface area (TPSA) is 89.5 Å². The van der Waals surface area contributed by atoms with Crippen molar-refractivity contribution in [2.45, 2.75) is 6.42 Å². The molecule has 4 rings (SSSR count). The minimum absolute atomic E-state index is 0.170. The normalized spacial score (nSPS) is 10.5. The summed E-state index contributed by atoms with van der Waals surface area (Å²) in [5, 5.41) is 6.64. The van der Waals surface area contributed by atoms with E-state index < -0.39 is 0 Å². The van der Waals surface area contributed by atoms with Gasteiger partial charge in [-0.2, -0.15) is 0 Å². The molecule has 0 saturated carbocycles. The Kier molecular flexibility index (Phi) is 6.80. The number of amides is 2. The van der Waals surface area contributed by atoms with Gasteiger partial charge in [-0.25, -0.2) is 0 Å². The summed E-state index contributed by atoms with van der Waals surface area (Å²) in [5.74, 6) is 0.540. The van der Waals surface area contributed by atoms with Gasteiger partial charge in [0, 0.05) is 23.0 Å². The second-order valence-electron chi connectivity index (χ2n) is 7.29. The summed E-state index contributed by atoms with van der Waals surface area (Å²) in [7, 11) is 1.54. The Balaban J connectivity index is 1.35. The van der Waals surface area contributed by atoms with Crippen LogP contribution in [-0.4, -0.2) is 30.5 Å². The Hall–Kier alpha value is -4.39. The van der Waals surface area contributed by atoms with Crippen LogP contribution in [0.1, 0.15) is 5.56 Å². The van der Waals surface area contributed by atoms with Crippen LogP contribution in [0.2, 0.25) is 0 Å². The number of methoxy groups -OCH3 is 1. The van der Waals surface area contributed by atoms with Gasteiger partial charge in [0.15, 0.2) is 18.1 Å². The molecule has 0 radical (unpaired) electrons. The first kappa shape index (κ1) is 21.8. The van der Waals surface area contributed by atoms with E-state index in [1.54, 1.807) is 55.8 Å². The monoisotopic (exact) mass is 441 g/mol. The molecule has 7 nitrogen and oxygen atoms in total. The lowest BCUT2D eigenvalue weighted by atomic mass is 10.1. The van der Waals surface area contributed by atoms with E-state index in [0.29, 0.717) is 22.9 Å². The third-order valence-corrected chi connectivity index (χ3v) is 4.93. The molecule has 166 valence electrons. The number of ether oxygens (including phenoxy) is 2. The fourth-order valence-corrected chi connectivity index (χ4v) is 3.44. The number of nitrogens with one attached hydrogen (secondary N) is 2. The van der Waals surface area contributed by atoms with Gasteiger partial charge in [-0.15, -0.1) is 0 Å². The molecule has 0 unspecified atom stereocenters. The van der Waals surface area contributed by atoms with Crippen molar-refractivity contribution in [2.75, 3.05) is 24.4 Å². The van der Waals surface area contributed by atoms with Gasteiger partial charge in [0.05, 0.1) is 19.0 Å². The number of pyridine rings is 1. The zero-order valence-corrected chi connectivity index (χ0v) is 18.1. The van der Waals surface area contributed by atoms with E-state index in [9.17, 15) is 9.59 Å². The van der Waals surface area contributed by atoms with E-state index in [4.69, 9.17) is 9.47 Å². The van der Waals surface area contributed by atoms with Gasteiger partial charge in [-0.3, -0.25) is 14.6 Å². The number of rotatable bonds is 8. The van der Waals surface area contributed by atoms with E-state index in [1.165, 1.54) is 0 Å². The van der Waals surface area contributed by atoms with Crippen LogP contribution in [0.15, 0.2) is 85.1 Å². The number of carbonyl (C=O) groups is 2. The molecule has 0 atom stereocenters. The lowest BCUT2D eigenvalue weighted by Crippen LogP contribution is -2.20. The third kappa shape index (κ3) is 5.65. The summed E-state index contributed by atoms with van der Waals surface area (Å²) in [5.41, 5.74) is 2.79. The van der Waals surface area contributed by atoms with Crippen LogP contribution in [0.5, 0.6) is 11.5 Å². The summed E-state index contributed by atoms with van der Waals surface area (Å²) in [6.45, 7) is -0.176. The zero-order valence-electron chi connectivity index (χ0n) is 18.1. The highest BCUT2D eigenvalue weighted by Gasteiger charge is 2.10. The van der Waals surface area contributed by atoms with E-state index in [2.05, 4.69) is 15.6 Å². The van der Waals surface area contributed by atoms with Gasteiger partial charge in [-0.1, -0.05) is 42.5 Å². The average molecular weight is 441 g/mol. The molecule has 1 heterocycles. The largest absolute Gasteiger partial charge is 0.493 e. The molecule has 0 aliphatic carbocycles. The SMILES string of the molecule is COc1ccccc1OCC(=O)Nc1cccc(NC(=O)Cc2cccc3cccnc23)c1. The van der Waals surface area contributed by atoms with E-state index in [-0.39, 0.29) is 24.8 Å². The van der Waals surface area contributed by atoms with Crippen molar-refractivity contribution in [3.8, 4) is 11.5 Å². The minimum atomic E-state index is -0.328. The van der Waals surface area contributed by atoms with Crippen LogP contribution < -0.4 is 20.1 Å². The molecular formula is C26H23N3O4. The summed E-state index contributed by atoms with van der Waals surface area (Å²) in [6.07, 6.45) is 1.91. The van der Waals surface area contributed by atoms with E-state index in [1.807, 2.05) is 36.4 Å². The first-order chi connectivity index (χ1) is 16.1. The van der Waals surface area contributed by atoms with Gasteiger partial charge in [0.2, 0.25) is 5.91 Å². The number of aromatic nitrogens is 1. The lowest BCUT2D eigenvalue weighted by Gasteiger charge is -2.11. The van der Waals surface area contributed by atoms with Crippen LogP contribution in [0.4, 0.5) is 11.4 Å². The lowest BCUT2D eigenvalue weighted by molar-refractivity contribution is -0.118. The first-order valence-electron chi connectivity index (χ1n) is 10.4. The van der Waals surface area contributed by atoms with Crippen LogP contribution >= 0.6 is 0 Å². The molecule has 2 amide bonds. The van der Waals surface area contributed by atoms with Crippen LogP contribution in [0.25, 0.3) is 10.9 Å². The van der Waals surface area contributed by atoms with E-state index in [0.717, 1.165) is 16.5 Å². The van der Waals surface area contributed by atoms with Crippen molar-refractivity contribution < 1.29 is 19.1 Å². The van der Waals surface area contributed by atoms with Gasteiger partial charge >= 0.3 is 0 Å². The Morgan fingerprint density at radius 3 is 2.30 bits per heavy atom.